The zero-order chi connectivity index (χ0) is 9.80. The van der Waals surface area contributed by atoms with Gasteiger partial charge in [-0.25, -0.2) is 0 Å². The van der Waals surface area contributed by atoms with Gasteiger partial charge in [-0.15, -0.1) is 0 Å². The van der Waals surface area contributed by atoms with E-state index in [9.17, 15) is 5.11 Å². The Morgan fingerprint density at radius 3 is 2.50 bits per heavy atom. The molecule has 0 aliphatic carbocycles. The van der Waals surface area contributed by atoms with Crippen LogP contribution in [0.5, 0.6) is 0 Å². The molecule has 0 saturated carbocycles. The Kier molecular flexibility index (Phi) is 7.93. The Hall–Kier alpha value is -0.160. The molecular formula is C12H21NOS2. The quantitative estimate of drug-likeness (QED) is 0.871. The fourth-order valence-electron chi connectivity index (χ4n) is 2.04. The topological polar surface area (TPSA) is 32.3 Å². The van der Waals surface area contributed by atoms with Crippen LogP contribution in [-0.4, -0.2) is 17.7 Å². The number of benzene rings is 1. The molecule has 1 saturated heterocycles. The molecule has 2 rings (SSSR count). The van der Waals surface area contributed by atoms with Crippen LogP contribution >= 0.6 is 27.0 Å². The van der Waals surface area contributed by atoms with Crippen molar-refractivity contribution in [3.05, 3.63) is 35.9 Å². The van der Waals surface area contributed by atoms with Gasteiger partial charge in [-0.2, -0.15) is 27.0 Å². The average molecular weight is 259 g/mol. The van der Waals surface area contributed by atoms with Crippen molar-refractivity contribution in [2.45, 2.75) is 31.4 Å². The van der Waals surface area contributed by atoms with Crippen molar-refractivity contribution >= 4 is 27.0 Å². The van der Waals surface area contributed by atoms with Gasteiger partial charge in [0.2, 0.25) is 0 Å². The van der Waals surface area contributed by atoms with Crippen molar-refractivity contribution in [2.75, 3.05) is 6.54 Å². The van der Waals surface area contributed by atoms with Crippen molar-refractivity contribution in [1.82, 2.24) is 5.32 Å². The lowest BCUT2D eigenvalue weighted by atomic mass is 10.0. The Bertz CT molecular complexity index is 276. The second kappa shape index (κ2) is 8.01. The fraction of sp³-hybridized carbons (Fsp3) is 0.500. The molecule has 2 N–H and O–H groups in total. The summed E-state index contributed by atoms with van der Waals surface area (Å²) in [5.74, 6) is 0. The lowest BCUT2D eigenvalue weighted by molar-refractivity contribution is 0.154. The van der Waals surface area contributed by atoms with Crippen LogP contribution in [0, 0.1) is 0 Å². The molecule has 0 radical (unpaired) electrons. The van der Waals surface area contributed by atoms with E-state index in [-0.39, 0.29) is 33.1 Å². The van der Waals surface area contributed by atoms with Crippen LogP contribution in [0.3, 0.4) is 0 Å². The minimum Gasteiger partial charge on any atom is -0.388 e. The smallest absolute Gasteiger partial charge is 0.0804 e. The van der Waals surface area contributed by atoms with Crippen LogP contribution in [0.1, 0.15) is 30.9 Å². The molecule has 1 aromatic carbocycles. The second-order valence-electron chi connectivity index (χ2n) is 3.96. The summed E-state index contributed by atoms with van der Waals surface area (Å²) in [5.41, 5.74) is 1.03. The monoisotopic (exact) mass is 259 g/mol. The van der Waals surface area contributed by atoms with Crippen LogP contribution in [0.25, 0.3) is 0 Å². The summed E-state index contributed by atoms with van der Waals surface area (Å²) in [6.45, 7) is 1.10. The first-order valence-corrected chi connectivity index (χ1v) is 5.32. The van der Waals surface area contributed by atoms with E-state index in [1.165, 1.54) is 12.8 Å². The molecule has 0 spiro atoms. The molecule has 0 aromatic heterocycles. The van der Waals surface area contributed by atoms with Gasteiger partial charge in [0.1, 0.15) is 0 Å². The Morgan fingerprint density at radius 1 is 1.25 bits per heavy atom. The van der Waals surface area contributed by atoms with Crippen molar-refractivity contribution in [1.29, 1.82) is 0 Å². The van der Waals surface area contributed by atoms with Crippen LogP contribution < -0.4 is 5.32 Å². The highest BCUT2D eigenvalue weighted by Crippen LogP contribution is 2.21. The van der Waals surface area contributed by atoms with Gasteiger partial charge in [0.15, 0.2) is 0 Å². The molecule has 4 heteroatoms. The molecule has 2 nitrogen and oxygen atoms in total. The third kappa shape index (κ3) is 4.37. The molecule has 1 heterocycles. The standard InChI is InChI=1S/C12H17NO.2H2S/c14-12(9-11-7-4-8-13-11)10-5-2-1-3-6-10;;/h1-3,5-6,11-14H,4,7-9H2;2*1H2/t11-,12-;;/m0../s1. The minimum absolute atomic E-state index is 0. The molecule has 2 atom stereocenters. The highest BCUT2D eigenvalue weighted by Gasteiger charge is 2.18. The Morgan fingerprint density at radius 2 is 1.94 bits per heavy atom. The van der Waals surface area contributed by atoms with E-state index in [1.807, 2.05) is 30.3 Å². The largest absolute Gasteiger partial charge is 0.388 e. The second-order valence-corrected chi connectivity index (χ2v) is 3.96. The van der Waals surface area contributed by atoms with E-state index in [0.717, 1.165) is 18.5 Å². The van der Waals surface area contributed by atoms with E-state index in [0.29, 0.717) is 6.04 Å². The zero-order valence-electron chi connectivity index (χ0n) is 9.32. The van der Waals surface area contributed by atoms with Crippen LogP contribution in [0.4, 0.5) is 0 Å². The third-order valence-corrected chi connectivity index (χ3v) is 2.85. The summed E-state index contributed by atoms with van der Waals surface area (Å²) < 4.78 is 0. The van der Waals surface area contributed by atoms with Crippen molar-refractivity contribution in [2.24, 2.45) is 0 Å². The predicted molar refractivity (Wildman–Crippen MR) is 77.8 cm³/mol. The SMILES string of the molecule is O[C@@H](C[C@@H]1CCCN1)c1ccccc1.S.S. The van der Waals surface area contributed by atoms with Gasteiger partial charge in [-0.1, -0.05) is 30.3 Å². The molecule has 16 heavy (non-hydrogen) atoms. The normalized spacial score (nSPS) is 20.7. The summed E-state index contributed by atoms with van der Waals surface area (Å²) in [4.78, 5) is 0. The molecule has 0 unspecified atom stereocenters. The summed E-state index contributed by atoms with van der Waals surface area (Å²) in [7, 11) is 0. The molecule has 1 fully saturated rings. The highest BCUT2D eigenvalue weighted by molar-refractivity contribution is 7.59. The molecule has 0 bridgehead atoms. The molecule has 1 aromatic rings. The number of hydrogen-bond acceptors (Lipinski definition) is 2. The Balaban J connectivity index is 0.00000112. The van der Waals surface area contributed by atoms with Crippen molar-refractivity contribution < 1.29 is 5.11 Å². The van der Waals surface area contributed by atoms with E-state index in [2.05, 4.69) is 5.32 Å². The lowest BCUT2D eigenvalue weighted by Gasteiger charge is -2.15. The maximum atomic E-state index is 9.94. The zero-order valence-corrected chi connectivity index (χ0v) is 11.3. The van der Waals surface area contributed by atoms with Crippen LogP contribution in [0.2, 0.25) is 0 Å². The predicted octanol–water partition coefficient (Wildman–Crippen LogP) is 2.09. The molecule has 1 aliphatic rings. The average Bonchev–Trinajstić information content (AvgIpc) is 2.72. The van der Waals surface area contributed by atoms with Gasteiger partial charge in [0.05, 0.1) is 6.10 Å². The number of rotatable bonds is 3. The van der Waals surface area contributed by atoms with Crippen LogP contribution in [0.15, 0.2) is 30.3 Å². The molecule has 0 amide bonds. The van der Waals surface area contributed by atoms with Crippen LogP contribution in [-0.2, 0) is 0 Å². The highest BCUT2D eigenvalue weighted by atomic mass is 32.1. The van der Waals surface area contributed by atoms with Gasteiger partial charge in [-0.05, 0) is 31.4 Å². The molecule has 1 aliphatic heterocycles. The van der Waals surface area contributed by atoms with Crippen molar-refractivity contribution in [3.8, 4) is 0 Å². The Labute approximate surface area is 111 Å². The van der Waals surface area contributed by atoms with E-state index in [1.54, 1.807) is 0 Å². The summed E-state index contributed by atoms with van der Waals surface area (Å²) in [6, 6.07) is 10.4. The maximum Gasteiger partial charge on any atom is 0.0804 e. The van der Waals surface area contributed by atoms with Gasteiger partial charge in [0, 0.05) is 6.04 Å². The van der Waals surface area contributed by atoms with E-state index >= 15 is 0 Å². The lowest BCUT2D eigenvalue weighted by Crippen LogP contribution is -2.23. The first kappa shape index (κ1) is 15.8. The number of nitrogens with one attached hydrogen (secondary N) is 1. The minimum atomic E-state index is -0.313. The van der Waals surface area contributed by atoms with E-state index in [4.69, 9.17) is 0 Å². The van der Waals surface area contributed by atoms with Gasteiger partial charge >= 0.3 is 0 Å². The van der Waals surface area contributed by atoms with Crippen molar-refractivity contribution in [3.63, 3.8) is 0 Å². The van der Waals surface area contributed by atoms with Gasteiger partial charge in [-0.3, -0.25) is 0 Å². The van der Waals surface area contributed by atoms with Gasteiger partial charge < -0.3 is 10.4 Å². The summed E-state index contributed by atoms with van der Waals surface area (Å²) in [5, 5.41) is 13.3. The van der Waals surface area contributed by atoms with Gasteiger partial charge in [0.25, 0.3) is 0 Å². The molecular weight excluding hydrogens is 238 g/mol. The fourth-order valence-corrected chi connectivity index (χ4v) is 2.04. The summed E-state index contributed by atoms with van der Waals surface area (Å²) in [6.07, 6.45) is 2.96. The summed E-state index contributed by atoms with van der Waals surface area (Å²) >= 11 is 0. The first-order valence-electron chi connectivity index (χ1n) is 5.32. The maximum absolute atomic E-state index is 9.94. The first-order chi connectivity index (χ1) is 6.86. The number of aliphatic hydroxyl groups is 1. The van der Waals surface area contributed by atoms with E-state index < -0.39 is 0 Å². The third-order valence-electron chi connectivity index (χ3n) is 2.85. The number of aliphatic hydroxyl groups excluding tert-OH is 1. The molecule has 92 valence electrons. The number of hydrogen-bond donors (Lipinski definition) is 2.